The number of alkyl carbamates (subject to hydrolysis) is 1. The number of sulfone groups is 1. The zero-order valence-electron chi connectivity index (χ0n) is 16.9. The fraction of sp³-hybridized carbons (Fsp3) is 0.364. The Balaban J connectivity index is 2.03. The van der Waals surface area contributed by atoms with Crippen molar-refractivity contribution in [3.8, 4) is 0 Å². The van der Waals surface area contributed by atoms with Gasteiger partial charge in [0.2, 0.25) is 0 Å². The number of ether oxygens (including phenoxy) is 1. The van der Waals surface area contributed by atoms with Gasteiger partial charge in [-0.25, -0.2) is 13.2 Å². The molecule has 29 heavy (non-hydrogen) atoms. The molecule has 1 aliphatic carbocycles. The lowest BCUT2D eigenvalue weighted by Gasteiger charge is -2.22. The van der Waals surface area contributed by atoms with Crippen LogP contribution in [0.1, 0.15) is 37.8 Å². The first-order chi connectivity index (χ1) is 13.5. The number of amides is 1. The van der Waals surface area contributed by atoms with Crippen LogP contribution < -0.4 is 5.32 Å². The number of nitrogens with one attached hydrogen (secondary N) is 1. The molecule has 0 spiro atoms. The fourth-order valence-corrected chi connectivity index (χ4v) is 5.84. The maximum Gasteiger partial charge on any atom is 0.408 e. The molecule has 1 saturated carbocycles. The van der Waals surface area contributed by atoms with Crippen LogP contribution in [0, 0.1) is 6.92 Å². The van der Waals surface area contributed by atoms with Gasteiger partial charge in [0.15, 0.2) is 9.84 Å². The molecule has 2 aromatic rings. The van der Waals surface area contributed by atoms with Gasteiger partial charge in [-0.3, -0.25) is 0 Å². The molecule has 0 saturated heterocycles. The van der Waals surface area contributed by atoms with Gasteiger partial charge in [-0.05, 0) is 45.4 Å². The number of aryl methyl sites for hydroxylation is 1. The van der Waals surface area contributed by atoms with Crippen molar-refractivity contribution in [1.29, 1.82) is 0 Å². The molecule has 0 bridgehead atoms. The number of rotatable bonds is 5. The van der Waals surface area contributed by atoms with Gasteiger partial charge in [-0.15, -0.1) is 0 Å². The Morgan fingerprint density at radius 2 is 1.66 bits per heavy atom. The molecule has 6 nitrogen and oxygen atoms in total. The second kappa shape index (κ2) is 7.30. The van der Waals surface area contributed by atoms with Crippen molar-refractivity contribution in [2.24, 2.45) is 0 Å². The lowest BCUT2D eigenvalue weighted by molar-refractivity contribution is -0.110. The smallest absolute Gasteiger partial charge is 0.408 e. The molecule has 0 unspecified atom stereocenters. The molecule has 3 atom stereocenters. The maximum atomic E-state index is 13.4. The van der Waals surface area contributed by atoms with E-state index in [-0.39, 0.29) is 4.90 Å². The third kappa shape index (κ3) is 4.05. The lowest BCUT2D eigenvalue weighted by Crippen LogP contribution is -2.45. The highest BCUT2D eigenvalue weighted by Gasteiger charge is 2.73. The van der Waals surface area contributed by atoms with E-state index in [1.807, 2.05) is 6.92 Å². The standard InChI is InChI=1S/C22H25NO5S/c1-15-10-12-17(13-11-15)29(26,27)19-18(16-8-6-5-7-9-16)22(19,14-24)23-20(25)28-21(2,3)4/h5-14,18-19H,1-4H3,(H,23,25)/t18-,19+,22-/m1/s1. The van der Waals surface area contributed by atoms with Crippen LogP contribution in [-0.4, -0.2) is 37.2 Å². The van der Waals surface area contributed by atoms with E-state index in [9.17, 15) is 18.0 Å². The van der Waals surface area contributed by atoms with Gasteiger partial charge in [-0.2, -0.15) is 0 Å². The molecule has 0 radical (unpaired) electrons. The average molecular weight is 416 g/mol. The van der Waals surface area contributed by atoms with Crippen LogP contribution in [0.25, 0.3) is 0 Å². The highest BCUT2D eigenvalue weighted by molar-refractivity contribution is 7.92. The van der Waals surface area contributed by atoms with Crippen molar-refractivity contribution >= 4 is 22.2 Å². The van der Waals surface area contributed by atoms with Crippen molar-refractivity contribution in [2.75, 3.05) is 0 Å². The van der Waals surface area contributed by atoms with Crippen LogP contribution in [0.3, 0.4) is 0 Å². The van der Waals surface area contributed by atoms with Crippen molar-refractivity contribution in [2.45, 2.75) is 54.9 Å². The van der Waals surface area contributed by atoms with Crippen LogP contribution in [0.2, 0.25) is 0 Å². The SMILES string of the molecule is Cc1ccc(S(=O)(=O)[C@H]2[C@@H](c3ccccc3)[C@@]2(C=O)NC(=O)OC(C)(C)C)cc1. The minimum atomic E-state index is -3.89. The summed E-state index contributed by atoms with van der Waals surface area (Å²) in [4.78, 5) is 24.7. The summed E-state index contributed by atoms with van der Waals surface area (Å²) in [6.45, 7) is 6.95. The molecule has 1 aliphatic rings. The summed E-state index contributed by atoms with van der Waals surface area (Å²) in [6, 6.07) is 15.3. The predicted octanol–water partition coefficient (Wildman–Crippen LogP) is 3.40. The summed E-state index contributed by atoms with van der Waals surface area (Å²) in [5.74, 6) is -0.708. The van der Waals surface area contributed by atoms with Crippen molar-refractivity contribution in [3.63, 3.8) is 0 Å². The molecule has 0 aliphatic heterocycles. The van der Waals surface area contributed by atoms with Crippen molar-refractivity contribution < 1.29 is 22.7 Å². The molecule has 0 aromatic heterocycles. The minimum Gasteiger partial charge on any atom is -0.444 e. The first kappa shape index (κ1) is 21.0. The van der Waals surface area contributed by atoms with Crippen molar-refractivity contribution in [1.82, 2.24) is 5.32 Å². The number of benzene rings is 2. The van der Waals surface area contributed by atoms with Crippen LogP contribution >= 0.6 is 0 Å². The second-order valence-electron chi connectivity index (χ2n) is 8.34. The van der Waals surface area contributed by atoms with E-state index in [1.54, 1.807) is 63.2 Å². The monoisotopic (exact) mass is 415 g/mol. The summed E-state index contributed by atoms with van der Waals surface area (Å²) in [6.07, 6.45) is -0.308. The molecular weight excluding hydrogens is 390 g/mol. The maximum absolute atomic E-state index is 13.4. The lowest BCUT2D eigenvalue weighted by atomic mass is 10.1. The third-order valence-electron chi connectivity index (χ3n) is 4.93. The molecule has 2 aromatic carbocycles. The van der Waals surface area contributed by atoms with Gasteiger partial charge in [0.25, 0.3) is 0 Å². The van der Waals surface area contributed by atoms with Crippen LogP contribution in [0.4, 0.5) is 4.79 Å². The van der Waals surface area contributed by atoms with Gasteiger partial charge in [0.05, 0.1) is 4.90 Å². The molecule has 0 heterocycles. The first-order valence-corrected chi connectivity index (χ1v) is 10.9. The quantitative estimate of drug-likeness (QED) is 0.756. The zero-order chi connectivity index (χ0) is 21.4. The summed E-state index contributed by atoms with van der Waals surface area (Å²) in [7, 11) is -3.89. The summed E-state index contributed by atoms with van der Waals surface area (Å²) >= 11 is 0. The Hall–Kier alpha value is -2.67. The Kier molecular flexibility index (Phi) is 5.30. The Labute approximate surface area is 171 Å². The average Bonchev–Trinajstić information content (AvgIpc) is 3.30. The first-order valence-electron chi connectivity index (χ1n) is 9.34. The van der Waals surface area contributed by atoms with E-state index >= 15 is 0 Å². The predicted molar refractivity (Wildman–Crippen MR) is 110 cm³/mol. The molecule has 3 rings (SSSR count). The molecule has 1 N–H and O–H groups in total. The Morgan fingerprint density at radius 1 is 1.07 bits per heavy atom. The fourth-order valence-electron chi connectivity index (χ4n) is 3.59. The number of hydrogen-bond acceptors (Lipinski definition) is 5. The molecule has 1 amide bonds. The van der Waals surface area contributed by atoms with E-state index in [0.29, 0.717) is 11.8 Å². The highest BCUT2D eigenvalue weighted by atomic mass is 32.2. The van der Waals surface area contributed by atoms with Crippen LogP contribution in [0.15, 0.2) is 59.5 Å². The van der Waals surface area contributed by atoms with Gasteiger partial charge >= 0.3 is 6.09 Å². The molecule has 154 valence electrons. The zero-order valence-corrected chi connectivity index (χ0v) is 17.7. The molecule has 1 fully saturated rings. The van der Waals surface area contributed by atoms with Gasteiger partial charge < -0.3 is 14.8 Å². The third-order valence-corrected chi connectivity index (χ3v) is 7.19. The number of hydrogen-bond donors (Lipinski definition) is 1. The topological polar surface area (TPSA) is 89.5 Å². The van der Waals surface area contributed by atoms with E-state index in [4.69, 9.17) is 4.74 Å². The van der Waals surface area contributed by atoms with E-state index in [1.165, 1.54) is 12.1 Å². The van der Waals surface area contributed by atoms with Crippen LogP contribution in [-0.2, 0) is 19.4 Å². The second-order valence-corrected chi connectivity index (χ2v) is 10.4. The van der Waals surface area contributed by atoms with Crippen LogP contribution in [0.5, 0.6) is 0 Å². The summed E-state index contributed by atoms with van der Waals surface area (Å²) in [5, 5.41) is 1.43. The number of aldehydes is 1. The Morgan fingerprint density at radius 3 is 2.17 bits per heavy atom. The summed E-state index contributed by atoms with van der Waals surface area (Å²) < 4.78 is 32.0. The Bertz CT molecular complexity index is 1010. The van der Waals surface area contributed by atoms with E-state index in [2.05, 4.69) is 5.32 Å². The summed E-state index contributed by atoms with van der Waals surface area (Å²) in [5.41, 5.74) is -0.784. The van der Waals surface area contributed by atoms with E-state index in [0.717, 1.165) is 5.56 Å². The van der Waals surface area contributed by atoms with Gasteiger partial charge in [0.1, 0.15) is 22.7 Å². The number of carbonyl (C=O) groups is 2. The largest absolute Gasteiger partial charge is 0.444 e. The highest BCUT2D eigenvalue weighted by Crippen LogP contribution is 2.56. The van der Waals surface area contributed by atoms with Gasteiger partial charge in [0, 0.05) is 5.92 Å². The van der Waals surface area contributed by atoms with Gasteiger partial charge in [-0.1, -0.05) is 48.0 Å². The normalized spacial score (nSPS) is 23.9. The van der Waals surface area contributed by atoms with E-state index < -0.39 is 38.2 Å². The van der Waals surface area contributed by atoms with Crippen molar-refractivity contribution in [3.05, 3.63) is 65.7 Å². The molecule has 7 heteroatoms. The minimum absolute atomic E-state index is 0.115. The molecular formula is C22H25NO5S. The number of carbonyl (C=O) groups excluding carboxylic acids is 2.